The van der Waals surface area contributed by atoms with E-state index in [2.05, 4.69) is 4.98 Å². The molecule has 0 aliphatic carbocycles. The highest BCUT2D eigenvalue weighted by Gasteiger charge is 2.21. The molecule has 25 heavy (non-hydrogen) atoms. The molecular weight excluding hydrogens is 385 g/mol. The highest BCUT2D eigenvalue weighted by Crippen LogP contribution is 2.31. The summed E-state index contributed by atoms with van der Waals surface area (Å²) in [5, 5.41) is 0.0308. The number of carbonyl (C=O) groups excluding carboxylic acids is 2. The Labute approximate surface area is 161 Å². The number of hydrogen-bond acceptors (Lipinski definition) is 4. The third-order valence-electron chi connectivity index (χ3n) is 4.08. The lowest BCUT2D eigenvalue weighted by molar-refractivity contribution is 0.0468. The zero-order valence-electron chi connectivity index (χ0n) is 14.2. The second-order valence-electron chi connectivity index (χ2n) is 5.72. The van der Waals surface area contributed by atoms with Gasteiger partial charge in [0.2, 0.25) is 5.78 Å². The number of pyridine rings is 1. The van der Waals surface area contributed by atoms with Gasteiger partial charge >= 0.3 is 5.97 Å². The van der Waals surface area contributed by atoms with E-state index >= 15 is 0 Å². The van der Waals surface area contributed by atoms with Gasteiger partial charge in [-0.05, 0) is 49.9 Å². The molecule has 132 valence electrons. The lowest BCUT2D eigenvalue weighted by Gasteiger charge is -2.14. The Morgan fingerprint density at radius 1 is 1.00 bits per heavy atom. The quantitative estimate of drug-likeness (QED) is 0.515. The van der Waals surface area contributed by atoms with Gasteiger partial charge in [0.15, 0.2) is 12.3 Å². The van der Waals surface area contributed by atoms with Crippen molar-refractivity contribution < 1.29 is 14.3 Å². The number of esters is 1. The first-order chi connectivity index (χ1) is 11.6. The molecule has 0 unspecified atom stereocenters. The fourth-order valence-electron chi connectivity index (χ4n) is 2.57. The van der Waals surface area contributed by atoms with Crippen molar-refractivity contribution in [1.82, 2.24) is 4.98 Å². The van der Waals surface area contributed by atoms with Crippen molar-refractivity contribution >= 4 is 46.6 Å². The largest absolute Gasteiger partial charge is 0.453 e. The van der Waals surface area contributed by atoms with Crippen LogP contribution in [0, 0.1) is 27.7 Å². The van der Waals surface area contributed by atoms with Gasteiger partial charge in [-0.25, -0.2) is 9.78 Å². The van der Waals surface area contributed by atoms with E-state index in [-0.39, 0.29) is 26.5 Å². The number of nitrogens with zero attached hydrogens (tertiary/aromatic N) is 1. The SMILES string of the molecule is Cc1cc(C)c(C(=O)COC(=O)c2ncc(Cl)c(Cl)c2Cl)c(C)c1C. The van der Waals surface area contributed by atoms with Crippen molar-refractivity contribution in [2.75, 3.05) is 6.61 Å². The lowest BCUT2D eigenvalue weighted by atomic mass is 9.92. The van der Waals surface area contributed by atoms with Crippen LogP contribution in [-0.2, 0) is 4.74 Å². The molecule has 0 fully saturated rings. The average Bonchev–Trinajstić information content (AvgIpc) is 2.55. The lowest BCUT2D eigenvalue weighted by Crippen LogP contribution is -2.18. The van der Waals surface area contributed by atoms with Crippen molar-refractivity contribution in [2.45, 2.75) is 27.7 Å². The monoisotopic (exact) mass is 399 g/mol. The molecule has 2 aromatic rings. The van der Waals surface area contributed by atoms with Crippen LogP contribution in [-0.4, -0.2) is 23.3 Å². The normalized spacial score (nSPS) is 10.7. The van der Waals surface area contributed by atoms with Gasteiger partial charge in [-0.15, -0.1) is 0 Å². The minimum atomic E-state index is -0.837. The molecule has 1 aromatic heterocycles. The van der Waals surface area contributed by atoms with Crippen LogP contribution in [0.15, 0.2) is 12.3 Å². The smallest absolute Gasteiger partial charge is 0.358 e. The van der Waals surface area contributed by atoms with Crippen molar-refractivity contribution in [2.24, 2.45) is 0 Å². The van der Waals surface area contributed by atoms with E-state index < -0.39 is 12.6 Å². The van der Waals surface area contributed by atoms with Crippen LogP contribution in [0.25, 0.3) is 0 Å². The molecule has 0 aliphatic heterocycles. The second kappa shape index (κ2) is 7.73. The molecule has 0 aliphatic rings. The van der Waals surface area contributed by atoms with Crippen LogP contribution in [0.4, 0.5) is 0 Å². The summed E-state index contributed by atoms with van der Waals surface area (Å²) in [6.45, 7) is 7.25. The first kappa shape index (κ1) is 19.7. The van der Waals surface area contributed by atoms with E-state index in [1.807, 2.05) is 33.8 Å². The fourth-order valence-corrected chi connectivity index (χ4v) is 3.13. The number of aryl methyl sites for hydroxylation is 2. The van der Waals surface area contributed by atoms with Crippen LogP contribution in [0.1, 0.15) is 43.1 Å². The molecule has 0 atom stereocenters. The van der Waals surface area contributed by atoms with Gasteiger partial charge in [-0.3, -0.25) is 4.79 Å². The van der Waals surface area contributed by atoms with Crippen LogP contribution in [0.2, 0.25) is 15.1 Å². The van der Waals surface area contributed by atoms with Crippen LogP contribution >= 0.6 is 34.8 Å². The molecule has 2 rings (SSSR count). The molecule has 7 heteroatoms. The minimum absolute atomic E-state index is 0.0115. The Kier molecular flexibility index (Phi) is 6.09. The molecule has 0 spiro atoms. The first-order valence-electron chi connectivity index (χ1n) is 7.42. The number of rotatable bonds is 4. The number of halogens is 3. The van der Waals surface area contributed by atoms with Gasteiger partial charge in [-0.1, -0.05) is 40.9 Å². The van der Waals surface area contributed by atoms with Gasteiger partial charge in [0, 0.05) is 11.8 Å². The summed E-state index contributed by atoms with van der Waals surface area (Å²) >= 11 is 17.6. The third-order valence-corrected chi connectivity index (χ3v) is 5.32. The summed E-state index contributed by atoms with van der Waals surface area (Å²) < 4.78 is 5.06. The molecular formula is C18H16Cl3NO3. The number of ketones is 1. The van der Waals surface area contributed by atoms with E-state index in [1.165, 1.54) is 6.20 Å². The Morgan fingerprint density at radius 3 is 2.28 bits per heavy atom. The van der Waals surface area contributed by atoms with Gasteiger partial charge in [0.25, 0.3) is 0 Å². The standard InChI is InChI=1S/C18H16Cl3NO3/c1-8-5-9(2)14(11(4)10(8)3)13(23)7-25-18(24)17-16(21)15(20)12(19)6-22-17/h5-6H,7H2,1-4H3. The molecule has 4 nitrogen and oxygen atoms in total. The predicted octanol–water partition coefficient (Wildman–Crippen LogP) is 5.32. The van der Waals surface area contributed by atoms with E-state index in [9.17, 15) is 9.59 Å². The Morgan fingerprint density at radius 2 is 1.64 bits per heavy atom. The Hall–Kier alpha value is -1.62. The summed E-state index contributed by atoms with van der Waals surface area (Å²) in [6, 6.07) is 1.94. The summed E-state index contributed by atoms with van der Waals surface area (Å²) in [5.41, 5.74) is 4.24. The maximum atomic E-state index is 12.5. The highest BCUT2D eigenvalue weighted by molar-refractivity contribution is 6.48. The number of Topliss-reactive ketones (excluding diaryl/α,β-unsaturated/α-hetero) is 1. The zero-order chi connectivity index (χ0) is 18.9. The molecule has 0 saturated heterocycles. The summed E-state index contributed by atoms with van der Waals surface area (Å²) in [5.74, 6) is -1.13. The predicted molar refractivity (Wildman–Crippen MR) is 99.3 cm³/mol. The summed E-state index contributed by atoms with van der Waals surface area (Å²) in [4.78, 5) is 28.5. The van der Waals surface area contributed by atoms with Gasteiger partial charge < -0.3 is 4.74 Å². The van der Waals surface area contributed by atoms with Crippen molar-refractivity contribution in [3.8, 4) is 0 Å². The fraction of sp³-hybridized carbons (Fsp3) is 0.278. The second-order valence-corrected chi connectivity index (χ2v) is 6.88. The van der Waals surface area contributed by atoms with E-state index in [4.69, 9.17) is 39.5 Å². The van der Waals surface area contributed by atoms with Crippen molar-refractivity contribution in [3.63, 3.8) is 0 Å². The molecule has 1 heterocycles. The number of aromatic nitrogens is 1. The number of hydrogen-bond donors (Lipinski definition) is 0. The van der Waals surface area contributed by atoms with Crippen LogP contribution < -0.4 is 0 Å². The van der Waals surface area contributed by atoms with Gasteiger partial charge in [0.1, 0.15) is 0 Å². The van der Waals surface area contributed by atoms with Crippen molar-refractivity contribution in [1.29, 1.82) is 0 Å². The molecule has 0 radical (unpaired) electrons. The van der Waals surface area contributed by atoms with Crippen LogP contribution in [0.5, 0.6) is 0 Å². The molecule has 0 bridgehead atoms. The Balaban J connectivity index is 2.20. The highest BCUT2D eigenvalue weighted by atomic mass is 35.5. The minimum Gasteiger partial charge on any atom is -0.453 e. The molecule has 0 saturated carbocycles. The number of carbonyl (C=O) groups is 2. The number of benzene rings is 1. The first-order valence-corrected chi connectivity index (χ1v) is 8.55. The average molecular weight is 401 g/mol. The van der Waals surface area contributed by atoms with Crippen molar-refractivity contribution in [3.05, 3.63) is 60.8 Å². The van der Waals surface area contributed by atoms with Gasteiger partial charge in [0.05, 0.1) is 15.1 Å². The number of ether oxygens (including phenoxy) is 1. The topological polar surface area (TPSA) is 56.3 Å². The van der Waals surface area contributed by atoms with Crippen LogP contribution in [0.3, 0.4) is 0 Å². The zero-order valence-corrected chi connectivity index (χ0v) is 16.4. The molecule has 1 aromatic carbocycles. The summed E-state index contributed by atoms with van der Waals surface area (Å²) in [6.07, 6.45) is 1.20. The molecule has 0 N–H and O–H groups in total. The summed E-state index contributed by atoms with van der Waals surface area (Å²) in [7, 11) is 0. The van der Waals surface area contributed by atoms with E-state index in [0.29, 0.717) is 5.56 Å². The maximum absolute atomic E-state index is 12.5. The third kappa shape index (κ3) is 3.97. The maximum Gasteiger partial charge on any atom is 0.358 e. The van der Waals surface area contributed by atoms with E-state index in [0.717, 1.165) is 22.3 Å². The van der Waals surface area contributed by atoms with Gasteiger partial charge in [-0.2, -0.15) is 0 Å². The molecule has 0 amide bonds. The van der Waals surface area contributed by atoms with E-state index in [1.54, 1.807) is 0 Å². The Bertz CT molecular complexity index is 879.